The van der Waals surface area contributed by atoms with Gasteiger partial charge in [0.05, 0.1) is 6.61 Å². The lowest BCUT2D eigenvalue weighted by Gasteiger charge is -2.13. The van der Waals surface area contributed by atoms with Gasteiger partial charge in [-0.2, -0.15) is 0 Å². The normalized spacial score (nSPS) is 10.8. The minimum absolute atomic E-state index is 0.530. The van der Waals surface area contributed by atoms with E-state index in [1.807, 2.05) is 18.2 Å². The molecular formula is C13H20ClNO. The lowest BCUT2D eigenvalue weighted by Crippen LogP contribution is -2.14. The molecule has 2 nitrogen and oxygen atoms in total. The summed E-state index contributed by atoms with van der Waals surface area (Å²) in [6, 6.07) is 5.77. The first-order valence-corrected chi connectivity index (χ1v) is 6.13. The fraction of sp³-hybridized carbons (Fsp3) is 0.538. The van der Waals surface area contributed by atoms with Gasteiger partial charge in [0, 0.05) is 17.1 Å². The minimum Gasteiger partial charge on any atom is -0.493 e. The lowest BCUT2D eigenvalue weighted by molar-refractivity contribution is 0.268. The molecule has 0 aliphatic carbocycles. The third-order valence-corrected chi connectivity index (χ3v) is 2.40. The van der Waals surface area contributed by atoms with Crippen LogP contribution in [0.15, 0.2) is 18.2 Å². The summed E-state index contributed by atoms with van der Waals surface area (Å²) in [7, 11) is 0. The van der Waals surface area contributed by atoms with Crippen LogP contribution in [0.1, 0.15) is 26.3 Å². The fourth-order valence-corrected chi connectivity index (χ4v) is 1.54. The Morgan fingerprint density at radius 1 is 1.38 bits per heavy atom. The van der Waals surface area contributed by atoms with Crippen molar-refractivity contribution in [3.63, 3.8) is 0 Å². The lowest BCUT2D eigenvalue weighted by atomic mass is 10.2. The Hall–Kier alpha value is -0.730. The first-order chi connectivity index (χ1) is 7.63. The molecule has 1 N–H and O–H groups in total. The van der Waals surface area contributed by atoms with Gasteiger partial charge >= 0.3 is 0 Å². The molecule has 0 bridgehead atoms. The van der Waals surface area contributed by atoms with Crippen LogP contribution in [0.25, 0.3) is 0 Å². The molecule has 0 spiro atoms. The van der Waals surface area contributed by atoms with Gasteiger partial charge in [0.15, 0.2) is 0 Å². The molecule has 0 atom stereocenters. The van der Waals surface area contributed by atoms with Crippen molar-refractivity contribution in [1.29, 1.82) is 0 Å². The van der Waals surface area contributed by atoms with E-state index in [0.29, 0.717) is 5.92 Å². The van der Waals surface area contributed by atoms with Crippen LogP contribution in [0, 0.1) is 5.92 Å². The maximum absolute atomic E-state index is 5.98. The molecule has 1 aromatic rings. The highest BCUT2D eigenvalue weighted by Crippen LogP contribution is 2.23. The molecule has 1 aromatic carbocycles. The van der Waals surface area contributed by atoms with E-state index in [9.17, 15) is 0 Å². The van der Waals surface area contributed by atoms with Gasteiger partial charge in [-0.1, -0.05) is 32.4 Å². The maximum atomic E-state index is 5.98. The zero-order valence-corrected chi connectivity index (χ0v) is 11.0. The van der Waals surface area contributed by atoms with Crippen LogP contribution in [-0.4, -0.2) is 13.2 Å². The Labute approximate surface area is 103 Å². The average molecular weight is 242 g/mol. The summed E-state index contributed by atoms with van der Waals surface area (Å²) < 4.78 is 5.75. The molecule has 0 aliphatic heterocycles. The molecular weight excluding hydrogens is 222 g/mol. The predicted molar refractivity (Wildman–Crippen MR) is 69.2 cm³/mol. The number of hydrogen-bond donors (Lipinski definition) is 1. The summed E-state index contributed by atoms with van der Waals surface area (Å²) in [5.41, 5.74) is 1.12. The Morgan fingerprint density at radius 2 is 2.12 bits per heavy atom. The van der Waals surface area contributed by atoms with Crippen LogP contribution in [0.5, 0.6) is 5.75 Å². The van der Waals surface area contributed by atoms with Gasteiger partial charge in [-0.05, 0) is 30.7 Å². The van der Waals surface area contributed by atoms with Crippen LogP contribution in [0.4, 0.5) is 0 Å². The van der Waals surface area contributed by atoms with E-state index in [2.05, 4.69) is 26.1 Å². The molecule has 0 radical (unpaired) electrons. The van der Waals surface area contributed by atoms with Gasteiger partial charge < -0.3 is 10.1 Å². The molecule has 90 valence electrons. The highest BCUT2D eigenvalue weighted by Gasteiger charge is 2.05. The molecule has 0 saturated carbocycles. The summed E-state index contributed by atoms with van der Waals surface area (Å²) in [4.78, 5) is 0. The topological polar surface area (TPSA) is 21.3 Å². The molecule has 0 aliphatic rings. The monoisotopic (exact) mass is 241 g/mol. The van der Waals surface area contributed by atoms with Crippen molar-refractivity contribution >= 4 is 11.6 Å². The molecule has 0 fully saturated rings. The number of benzene rings is 1. The number of nitrogens with one attached hydrogen (secondary N) is 1. The van der Waals surface area contributed by atoms with Gasteiger partial charge in [0.1, 0.15) is 5.75 Å². The minimum atomic E-state index is 0.530. The standard InChI is InChI=1S/C13H20ClNO/c1-4-15-8-11-7-12(14)5-6-13(11)16-9-10(2)3/h5-7,10,15H,4,8-9H2,1-3H3. The van der Waals surface area contributed by atoms with Crippen molar-refractivity contribution in [2.75, 3.05) is 13.2 Å². The van der Waals surface area contributed by atoms with Crippen molar-refractivity contribution < 1.29 is 4.74 Å². The first kappa shape index (κ1) is 13.3. The van der Waals surface area contributed by atoms with Crippen LogP contribution < -0.4 is 10.1 Å². The SMILES string of the molecule is CCNCc1cc(Cl)ccc1OCC(C)C. The van der Waals surface area contributed by atoms with Crippen molar-refractivity contribution in [3.05, 3.63) is 28.8 Å². The molecule has 0 unspecified atom stereocenters. The quantitative estimate of drug-likeness (QED) is 0.823. The second-order valence-electron chi connectivity index (χ2n) is 4.24. The Bertz CT molecular complexity index is 326. The average Bonchev–Trinajstić information content (AvgIpc) is 2.24. The van der Waals surface area contributed by atoms with E-state index in [1.54, 1.807) is 0 Å². The predicted octanol–water partition coefficient (Wildman–Crippen LogP) is 3.48. The number of halogens is 1. The highest BCUT2D eigenvalue weighted by molar-refractivity contribution is 6.30. The Balaban J connectivity index is 2.72. The summed E-state index contributed by atoms with van der Waals surface area (Å²) >= 11 is 5.98. The third-order valence-electron chi connectivity index (χ3n) is 2.16. The van der Waals surface area contributed by atoms with E-state index >= 15 is 0 Å². The maximum Gasteiger partial charge on any atom is 0.123 e. The molecule has 0 amide bonds. The highest BCUT2D eigenvalue weighted by atomic mass is 35.5. The van der Waals surface area contributed by atoms with E-state index in [4.69, 9.17) is 16.3 Å². The first-order valence-electron chi connectivity index (χ1n) is 5.75. The zero-order chi connectivity index (χ0) is 12.0. The molecule has 16 heavy (non-hydrogen) atoms. The number of hydrogen-bond acceptors (Lipinski definition) is 2. The van der Waals surface area contributed by atoms with Gasteiger partial charge in [-0.3, -0.25) is 0 Å². The van der Waals surface area contributed by atoms with E-state index in [0.717, 1.165) is 36.0 Å². The van der Waals surface area contributed by atoms with Crippen molar-refractivity contribution in [1.82, 2.24) is 5.32 Å². The van der Waals surface area contributed by atoms with E-state index < -0.39 is 0 Å². The van der Waals surface area contributed by atoms with Crippen LogP contribution in [0.3, 0.4) is 0 Å². The molecule has 3 heteroatoms. The second kappa shape index (κ2) is 6.77. The molecule has 0 aromatic heterocycles. The molecule has 1 rings (SSSR count). The van der Waals surface area contributed by atoms with Gasteiger partial charge in [0.2, 0.25) is 0 Å². The van der Waals surface area contributed by atoms with E-state index in [1.165, 1.54) is 0 Å². The largest absolute Gasteiger partial charge is 0.493 e. The van der Waals surface area contributed by atoms with Gasteiger partial charge in [-0.25, -0.2) is 0 Å². The zero-order valence-electron chi connectivity index (χ0n) is 10.2. The van der Waals surface area contributed by atoms with Crippen molar-refractivity contribution in [2.45, 2.75) is 27.3 Å². The third kappa shape index (κ3) is 4.42. The van der Waals surface area contributed by atoms with Gasteiger partial charge in [0.25, 0.3) is 0 Å². The summed E-state index contributed by atoms with van der Waals surface area (Å²) in [6.07, 6.45) is 0. The number of rotatable bonds is 6. The Morgan fingerprint density at radius 3 is 2.75 bits per heavy atom. The summed E-state index contributed by atoms with van der Waals surface area (Å²) in [6.45, 7) is 8.83. The molecule has 0 heterocycles. The van der Waals surface area contributed by atoms with Crippen molar-refractivity contribution in [2.24, 2.45) is 5.92 Å². The smallest absolute Gasteiger partial charge is 0.123 e. The van der Waals surface area contributed by atoms with Crippen LogP contribution in [-0.2, 0) is 6.54 Å². The van der Waals surface area contributed by atoms with Crippen molar-refractivity contribution in [3.8, 4) is 5.75 Å². The fourth-order valence-electron chi connectivity index (χ4n) is 1.34. The summed E-state index contributed by atoms with van der Waals surface area (Å²) in [5, 5.41) is 4.04. The number of ether oxygens (including phenoxy) is 1. The Kier molecular flexibility index (Phi) is 5.64. The summed E-state index contributed by atoms with van der Waals surface area (Å²) in [5.74, 6) is 1.46. The van der Waals surface area contributed by atoms with Crippen LogP contribution >= 0.6 is 11.6 Å². The second-order valence-corrected chi connectivity index (χ2v) is 4.67. The van der Waals surface area contributed by atoms with Gasteiger partial charge in [-0.15, -0.1) is 0 Å². The molecule has 0 saturated heterocycles. The van der Waals surface area contributed by atoms with E-state index in [-0.39, 0.29) is 0 Å². The van der Waals surface area contributed by atoms with Crippen LogP contribution in [0.2, 0.25) is 5.02 Å².